The fourth-order valence-electron chi connectivity index (χ4n) is 13.3. The first-order chi connectivity index (χ1) is 30.1. The van der Waals surface area contributed by atoms with E-state index in [-0.39, 0.29) is 5.54 Å². The molecule has 1 saturated heterocycles. The molecule has 7 aliphatic rings. The summed E-state index contributed by atoms with van der Waals surface area (Å²) in [5.74, 6) is 5.22. The molecule has 9 atom stereocenters. The normalized spacial score (nSPS) is 29.4. The monoisotopic (exact) mass is 803 g/mol. The Bertz CT molecular complexity index is 2970. The summed E-state index contributed by atoms with van der Waals surface area (Å²) < 4.78 is 6.89. The van der Waals surface area contributed by atoms with Gasteiger partial charge in [0.25, 0.3) is 0 Å². The van der Waals surface area contributed by atoms with Crippen molar-refractivity contribution in [2.24, 2.45) is 23.7 Å². The van der Waals surface area contributed by atoms with Crippen LogP contribution in [-0.4, -0.2) is 5.25 Å². The number of ether oxygens (including phenoxy) is 1. The second-order valence-electron chi connectivity index (χ2n) is 18.7. The van der Waals surface area contributed by atoms with E-state index in [0.717, 1.165) is 11.5 Å². The van der Waals surface area contributed by atoms with Gasteiger partial charge in [0.05, 0.1) is 11.0 Å². The van der Waals surface area contributed by atoms with Gasteiger partial charge in [-0.2, -0.15) is 0 Å². The van der Waals surface area contributed by atoms with Crippen molar-refractivity contribution in [1.29, 1.82) is 0 Å². The molecular formula is C58H45NOS. The Labute approximate surface area is 362 Å². The standard InChI is InChI=1S/C58H45NOS/c1-34-55-54(38-26-30-53-43(31-38)42-17-7-12-22-52(42)61-53)44-33-45(44)56(36-13-3-2-4-14-36)59-58(34,55)39-27-23-35(24-28-39)37-25-29-49-51(32-37)60-50-21-11-10-20-48(50)57(49)46-18-8-5-15-40(46)41-16-6-9-19-47(41)57/h2-32,34,42,44-45,52,54-56,59H,33H2,1H3/t34?,42?,44?,45?,52?,54?,55-,56?,58?/m0/s1. The first-order valence-electron chi connectivity index (χ1n) is 22.3. The number of para-hydroxylation sites is 1. The van der Waals surface area contributed by atoms with Gasteiger partial charge in [-0.15, -0.1) is 11.8 Å². The molecule has 3 aliphatic heterocycles. The lowest BCUT2D eigenvalue weighted by Gasteiger charge is -2.39. The van der Waals surface area contributed by atoms with Crippen molar-refractivity contribution in [3.05, 3.63) is 233 Å². The van der Waals surface area contributed by atoms with Gasteiger partial charge in [-0.1, -0.05) is 177 Å². The first-order valence-corrected chi connectivity index (χ1v) is 23.2. The fraction of sp³-hybridized carbons (Fsp3) is 0.207. The van der Waals surface area contributed by atoms with Crippen LogP contribution >= 0.6 is 11.8 Å². The molecule has 0 radical (unpaired) electrons. The largest absolute Gasteiger partial charge is 0.457 e. The van der Waals surface area contributed by atoms with Crippen LogP contribution in [0.4, 0.5) is 0 Å². The molecule has 3 heteroatoms. The average Bonchev–Trinajstić information content (AvgIpc) is 4.15. The van der Waals surface area contributed by atoms with Gasteiger partial charge >= 0.3 is 0 Å². The minimum atomic E-state index is -0.447. The molecule has 0 bridgehead atoms. The number of benzene rings is 7. The van der Waals surface area contributed by atoms with E-state index in [1.165, 1.54) is 72.5 Å². The van der Waals surface area contributed by atoms with Crippen molar-refractivity contribution in [2.75, 3.05) is 0 Å². The smallest absolute Gasteiger partial charge is 0.132 e. The van der Waals surface area contributed by atoms with E-state index in [1.807, 2.05) is 11.8 Å². The zero-order valence-electron chi connectivity index (χ0n) is 34.0. The zero-order valence-corrected chi connectivity index (χ0v) is 34.9. The van der Waals surface area contributed by atoms with Gasteiger partial charge in [0.15, 0.2) is 0 Å². The SMILES string of the molecule is CC1[C@H]2C(c3ccc4c(c3)C3C=CC=CC3S4)C3CC3C(c3ccccc3)NC12c1ccc(-c2ccc3c(c2)Oc2ccccc2C32c3ccccc3-c3ccccc32)cc1. The molecule has 8 unspecified atom stereocenters. The summed E-state index contributed by atoms with van der Waals surface area (Å²) >= 11 is 2.04. The summed E-state index contributed by atoms with van der Waals surface area (Å²) in [4.78, 5) is 1.46. The van der Waals surface area contributed by atoms with E-state index in [0.29, 0.717) is 46.8 Å². The summed E-state index contributed by atoms with van der Waals surface area (Å²) in [5.41, 5.74) is 15.4. The summed E-state index contributed by atoms with van der Waals surface area (Å²) in [7, 11) is 0. The molecule has 2 saturated carbocycles. The van der Waals surface area contributed by atoms with Crippen LogP contribution in [0, 0.1) is 23.7 Å². The maximum Gasteiger partial charge on any atom is 0.132 e. The van der Waals surface area contributed by atoms with Crippen molar-refractivity contribution in [2.45, 2.75) is 52.3 Å². The molecule has 14 rings (SSSR count). The van der Waals surface area contributed by atoms with Crippen molar-refractivity contribution in [1.82, 2.24) is 5.32 Å². The maximum absolute atomic E-state index is 6.89. The Morgan fingerprint density at radius 2 is 1.28 bits per heavy atom. The molecular weight excluding hydrogens is 759 g/mol. The van der Waals surface area contributed by atoms with E-state index in [4.69, 9.17) is 4.74 Å². The van der Waals surface area contributed by atoms with Crippen LogP contribution in [-0.2, 0) is 11.0 Å². The highest BCUT2D eigenvalue weighted by atomic mass is 32.2. The molecule has 294 valence electrons. The molecule has 3 fully saturated rings. The second kappa shape index (κ2) is 12.6. The number of rotatable bonds is 4. The summed E-state index contributed by atoms with van der Waals surface area (Å²) in [6.45, 7) is 2.52. The number of thioether (sulfide) groups is 1. The highest BCUT2D eigenvalue weighted by Gasteiger charge is 2.72. The second-order valence-corrected chi connectivity index (χ2v) is 19.9. The number of nitrogens with one attached hydrogen (secondary N) is 1. The molecule has 7 aromatic rings. The van der Waals surface area contributed by atoms with E-state index in [1.54, 1.807) is 5.56 Å². The Morgan fingerprint density at radius 1 is 0.590 bits per heavy atom. The lowest BCUT2D eigenvalue weighted by atomic mass is 9.66. The molecule has 3 heterocycles. The van der Waals surface area contributed by atoms with Crippen LogP contribution in [0.3, 0.4) is 0 Å². The topological polar surface area (TPSA) is 21.3 Å². The number of allylic oxidation sites excluding steroid dienone is 3. The van der Waals surface area contributed by atoms with Crippen molar-refractivity contribution < 1.29 is 4.74 Å². The highest BCUT2D eigenvalue weighted by Crippen LogP contribution is 2.74. The Kier molecular flexibility index (Phi) is 7.19. The third kappa shape index (κ3) is 4.69. The highest BCUT2D eigenvalue weighted by molar-refractivity contribution is 8.00. The maximum atomic E-state index is 6.89. The lowest BCUT2D eigenvalue weighted by Crippen LogP contribution is -2.36. The van der Waals surface area contributed by atoms with Gasteiger partial charge in [0, 0.05) is 33.2 Å². The third-order valence-electron chi connectivity index (χ3n) is 16.1. The third-order valence-corrected chi connectivity index (χ3v) is 17.4. The number of hydrogen-bond acceptors (Lipinski definition) is 3. The fourth-order valence-corrected chi connectivity index (χ4v) is 14.6. The lowest BCUT2D eigenvalue weighted by molar-refractivity contribution is 0.374. The van der Waals surface area contributed by atoms with E-state index in [9.17, 15) is 0 Å². The van der Waals surface area contributed by atoms with Gasteiger partial charge in [0.2, 0.25) is 0 Å². The minimum absolute atomic E-state index is 0.0980. The van der Waals surface area contributed by atoms with Gasteiger partial charge in [-0.05, 0) is 110 Å². The molecule has 2 nitrogen and oxygen atoms in total. The molecule has 1 spiro atoms. The molecule has 7 aromatic carbocycles. The van der Waals surface area contributed by atoms with Gasteiger partial charge < -0.3 is 4.74 Å². The Morgan fingerprint density at radius 3 is 2.08 bits per heavy atom. The van der Waals surface area contributed by atoms with E-state index < -0.39 is 5.41 Å². The van der Waals surface area contributed by atoms with Gasteiger partial charge in [-0.25, -0.2) is 0 Å². The van der Waals surface area contributed by atoms with Crippen LogP contribution in [0.25, 0.3) is 22.3 Å². The number of hydrogen-bond donors (Lipinski definition) is 1. The molecule has 0 aromatic heterocycles. The van der Waals surface area contributed by atoms with Crippen LogP contribution in [0.5, 0.6) is 11.5 Å². The van der Waals surface area contributed by atoms with Crippen molar-refractivity contribution in [3.8, 4) is 33.8 Å². The molecule has 0 amide bonds. The Hall–Kier alpha value is -5.87. The van der Waals surface area contributed by atoms with Crippen LogP contribution in [0.1, 0.15) is 75.7 Å². The van der Waals surface area contributed by atoms with Gasteiger partial charge in [0.1, 0.15) is 11.5 Å². The predicted octanol–water partition coefficient (Wildman–Crippen LogP) is 13.7. The number of fused-ring (bicyclic) bond motifs is 14. The van der Waals surface area contributed by atoms with E-state index >= 15 is 0 Å². The molecule has 1 N–H and O–H groups in total. The minimum Gasteiger partial charge on any atom is -0.457 e. The summed E-state index contributed by atoms with van der Waals surface area (Å²) in [5, 5.41) is 4.97. The molecule has 4 aliphatic carbocycles. The van der Waals surface area contributed by atoms with Gasteiger partial charge in [-0.3, -0.25) is 5.32 Å². The first kappa shape index (κ1) is 34.8. The van der Waals surface area contributed by atoms with Crippen LogP contribution in [0.2, 0.25) is 0 Å². The quantitative estimate of drug-likeness (QED) is 0.191. The van der Waals surface area contributed by atoms with E-state index in [2.05, 4.69) is 200 Å². The summed E-state index contributed by atoms with van der Waals surface area (Å²) in [6, 6.07) is 62.4. The van der Waals surface area contributed by atoms with Crippen molar-refractivity contribution >= 4 is 11.8 Å². The Balaban J connectivity index is 0.856. The van der Waals surface area contributed by atoms with Crippen molar-refractivity contribution in [3.63, 3.8) is 0 Å². The van der Waals surface area contributed by atoms with Crippen LogP contribution in [0.15, 0.2) is 193 Å². The summed E-state index contributed by atoms with van der Waals surface area (Å²) in [6.07, 6.45) is 10.6. The predicted molar refractivity (Wildman–Crippen MR) is 247 cm³/mol. The molecule has 61 heavy (non-hydrogen) atoms. The van der Waals surface area contributed by atoms with Crippen LogP contribution < -0.4 is 10.1 Å². The average molecular weight is 804 g/mol. The zero-order chi connectivity index (χ0) is 40.0.